The van der Waals surface area contributed by atoms with E-state index >= 15 is 0 Å². The molecule has 28 heteroatoms. The SMILES string of the molecule is OCCO.[N-]=[N+]=C1C(F)=C(F)C(C(=O)O)=C(F)C1F.[N-]=[N+]=C1C(F)=C(F)C(C(=O)O)=C(F)C1F.[N-]=[N+]=Nc1ccc(C(=O)O)cc1.[N-]=[N+]=Nc1ccc(C(=O)O)cc1. The molecule has 0 bridgehead atoms. The number of alkyl halides is 2. The second kappa shape index (κ2) is 24.4. The summed E-state index contributed by atoms with van der Waals surface area (Å²) in [7, 11) is 0. The first kappa shape index (κ1) is 50.0. The van der Waals surface area contributed by atoms with Crippen molar-refractivity contribution in [3.8, 4) is 0 Å². The fourth-order valence-corrected chi connectivity index (χ4v) is 3.40. The molecular weight excluding hydrogens is 812 g/mol. The first-order valence-electron chi connectivity index (χ1n) is 14.3. The Hall–Kier alpha value is -7.98. The minimum Gasteiger partial charge on any atom is -0.478 e. The van der Waals surface area contributed by atoms with E-state index in [1.54, 1.807) is 0 Å². The average molecular weight is 833 g/mol. The predicted molar refractivity (Wildman–Crippen MR) is 176 cm³/mol. The zero-order valence-electron chi connectivity index (χ0n) is 28.0. The number of aromatic carboxylic acids is 2. The van der Waals surface area contributed by atoms with Crippen LogP contribution in [0.3, 0.4) is 0 Å². The van der Waals surface area contributed by atoms with Crippen molar-refractivity contribution < 1.29 is 94.5 Å². The van der Waals surface area contributed by atoms with Crippen molar-refractivity contribution in [3.05, 3.63) is 138 Å². The quantitative estimate of drug-likeness (QED) is 0.0755. The zero-order chi connectivity index (χ0) is 44.9. The molecule has 2 aromatic rings. The lowest BCUT2D eigenvalue weighted by molar-refractivity contribution is -0.133. The smallest absolute Gasteiger partial charge is 0.371 e. The van der Waals surface area contributed by atoms with Crippen LogP contribution in [0.25, 0.3) is 31.9 Å². The molecule has 0 saturated carbocycles. The van der Waals surface area contributed by atoms with Crippen LogP contribution < -0.4 is 0 Å². The second-order valence-corrected chi connectivity index (χ2v) is 9.54. The first-order valence-corrected chi connectivity index (χ1v) is 14.3. The molecule has 2 aliphatic rings. The Balaban J connectivity index is 0.000000727. The topological polar surface area (TPSA) is 360 Å². The molecule has 0 aliphatic heterocycles. The van der Waals surface area contributed by atoms with Gasteiger partial charge in [-0.25, -0.2) is 45.5 Å². The van der Waals surface area contributed by atoms with Crippen molar-refractivity contribution in [2.24, 2.45) is 10.2 Å². The Labute approximate surface area is 314 Å². The minimum atomic E-state index is -2.93. The number of rotatable bonds is 7. The predicted octanol–water partition coefficient (Wildman–Crippen LogP) is 6.56. The van der Waals surface area contributed by atoms with Crippen LogP contribution in [-0.4, -0.2) is 101 Å². The van der Waals surface area contributed by atoms with Crippen molar-refractivity contribution in [2.45, 2.75) is 12.3 Å². The monoisotopic (exact) mass is 832 g/mol. The summed E-state index contributed by atoms with van der Waals surface area (Å²) in [6, 6.07) is 11.3. The molecule has 0 fully saturated rings. The lowest BCUT2D eigenvalue weighted by atomic mass is 10.0. The highest BCUT2D eigenvalue weighted by Crippen LogP contribution is 2.34. The van der Waals surface area contributed by atoms with Gasteiger partial charge in [0.05, 0.1) is 24.3 Å². The molecular formula is C30H20F8N10O10. The Morgan fingerprint density at radius 1 is 0.517 bits per heavy atom. The number of hydrogen-bond acceptors (Lipinski definition) is 8. The number of nitrogens with zero attached hydrogens (tertiary/aromatic N) is 10. The van der Waals surface area contributed by atoms with E-state index in [0.717, 1.165) is 0 Å². The molecule has 2 aliphatic carbocycles. The highest BCUT2D eigenvalue weighted by Gasteiger charge is 2.46. The molecule has 0 spiro atoms. The maximum atomic E-state index is 12.8. The van der Waals surface area contributed by atoms with Crippen LogP contribution in [0.1, 0.15) is 20.7 Å². The molecule has 0 radical (unpaired) electrons. The van der Waals surface area contributed by atoms with E-state index in [1.807, 2.05) is 9.58 Å². The van der Waals surface area contributed by atoms with Crippen LogP contribution >= 0.6 is 0 Å². The van der Waals surface area contributed by atoms with Crippen LogP contribution in [0.2, 0.25) is 0 Å². The largest absolute Gasteiger partial charge is 0.478 e. The summed E-state index contributed by atoms with van der Waals surface area (Å²) >= 11 is 0. The molecule has 2 atom stereocenters. The summed E-state index contributed by atoms with van der Waals surface area (Å²) in [4.78, 5) is 50.4. The van der Waals surface area contributed by atoms with Crippen molar-refractivity contribution in [3.63, 3.8) is 0 Å². The van der Waals surface area contributed by atoms with Gasteiger partial charge in [0, 0.05) is 21.2 Å². The lowest BCUT2D eigenvalue weighted by Gasteiger charge is -2.10. The van der Waals surface area contributed by atoms with Crippen LogP contribution in [0.15, 0.2) is 105 Å². The number of carboxylic acids is 4. The van der Waals surface area contributed by atoms with Crippen molar-refractivity contribution in [1.29, 1.82) is 0 Å². The minimum absolute atomic E-state index is 0.125. The fraction of sp³-hybridized carbons (Fsp3) is 0.133. The van der Waals surface area contributed by atoms with Crippen LogP contribution in [0.4, 0.5) is 46.5 Å². The number of carbonyl (C=O) groups is 4. The molecule has 0 aromatic heterocycles. The molecule has 4 rings (SSSR count). The summed E-state index contributed by atoms with van der Waals surface area (Å²) < 4.78 is 103. The standard InChI is InChI=1S/2C7H2F4N2O2.2C7H5N3O2.C2H6O2/c2*8-2-1(7(14)15)3(9)5(11)6(13-12)4(2)10;2*8-10-9-6-3-1-5(2-4-6)7(11)12;3-1-2-4/h2*4H,(H,14,15);2*1-4H,(H,11,12);3-4H,1-2H2. The molecule has 6 N–H and O–H groups in total. The second-order valence-electron chi connectivity index (χ2n) is 9.54. The van der Waals surface area contributed by atoms with Crippen LogP contribution in [-0.2, 0) is 9.59 Å². The van der Waals surface area contributed by atoms with E-state index in [-0.39, 0.29) is 24.3 Å². The Morgan fingerprint density at radius 2 is 0.793 bits per heavy atom. The molecule has 2 unspecified atom stereocenters. The van der Waals surface area contributed by atoms with Gasteiger partial charge in [-0.2, -0.15) is 18.4 Å². The third kappa shape index (κ3) is 14.0. The number of azide groups is 2. The maximum Gasteiger partial charge on any atom is 0.371 e. The molecule has 0 heterocycles. The summed E-state index contributed by atoms with van der Waals surface area (Å²) in [5.41, 5.74) is 26.8. The number of aliphatic hydroxyl groups is 2. The van der Waals surface area contributed by atoms with Crippen molar-refractivity contribution >= 4 is 46.7 Å². The van der Waals surface area contributed by atoms with Gasteiger partial charge in [0.2, 0.25) is 11.7 Å². The number of benzene rings is 2. The number of halogens is 8. The van der Waals surface area contributed by atoms with Crippen LogP contribution in [0.5, 0.6) is 0 Å². The van der Waals surface area contributed by atoms with Gasteiger partial charge in [0.15, 0.2) is 23.3 Å². The molecule has 58 heavy (non-hydrogen) atoms. The van der Waals surface area contributed by atoms with Gasteiger partial charge in [-0.1, -0.05) is 34.5 Å². The summed E-state index contributed by atoms with van der Waals surface area (Å²) in [6.45, 7) is -0.250. The van der Waals surface area contributed by atoms with Gasteiger partial charge < -0.3 is 41.7 Å². The Morgan fingerprint density at radius 3 is 0.983 bits per heavy atom. The molecule has 306 valence electrons. The van der Waals surface area contributed by atoms with Crippen LogP contribution in [0, 0.1) is 0 Å². The third-order valence-electron chi connectivity index (χ3n) is 5.97. The highest BCUT2D eigenvalue weighted by molar-refractivity contribution is 6.07. The maximum absolute atomic E-state index is 12.8. The average Bonchev–Trinajstić information content (AvgIpc) is 3.18. The number of hydrogen-bond donors (Lipinski definition) is 6. The fourth-order valence-electron chi connectivity index (χ4n) is 3.40. The van der Waals surface area contributed by atoms with Gasteiger partial charge in [-0.3, -0.25) is 0 Å². The van der Waals surface area contributed by atoms with E-state index < -0.39 is 93.8 Å². The summed E-state index contributed by atoms with van der Waals surface area (Å²) in [5.74, 6) is -18.7. The molecule has 20 nitrogen and oxygen atoms in total. The van der Waals surface area contributed by atoms with E-state index in [9.17, 15) is 54.3 Å². The summed E-state index contributed by atoms with van der Waals surface area (Å²) in [6.07, 6.45) is -5.86. The first-order chi connectivity index (χ1) is 27.2. The van der Waals surface area contributed by atoms with Gasteiger partial charge >= 0.3 is 35.3 Å². The van der Waals surface area contributed by atoms with Gasteiger partial charge in [-0.15, -0.1) is 0 Å². The molecule has 2 aromatic carbocycles. The normalized spacial score (nSPS) is 15.4. The zero-order valence-corrected chi connectivity index (χ0v) is 28.0. The van der Waals surface area contributed by atoms with E-state index in [0.29, 0.717) is 11.4 Å². The number of aliphatic hydroxyl groups excluding tert-OH is 2. The van der Waals surface area contributed by atoms with Gasteiger partial charge in [0.1, 0.15) is 11.1 Å². The molecule has 0 saturated heterocycles. The van der Waals surface area contributed by atoms with Gasteiger partial charge in [-0.05, 0) is 35.3 Å². The lowest BCUT2D eigenvalue weighted by Crippen LogP contribution is -2.27. The summed E-state index contributed by atoms with van der Waals surface area (Å²) in [5, 5.41) is 55.4. The highest BCUT2D eigenvalue weighted by atomic mass is 19.2. The van der Waals surface area contributed by atoms with E-state index in [4.69, 9.17) is 52.8 Å². The van der Waals surface area contributed by atoms with Crippen molar-refractivity contribution in [1.82, 2.24) is 0 Å². The van der Waals surface area contributed by atoms with Gasteiger partial charge in [0.25, 0.3) is 12.3 Å². The van der Waals surface area contributed by atoms with E-state index in [2.05, 4.69) is 20.1 Å². The molecule has 0 amide bonds. The number of aliphatic carboxylic acids is 2. The van der Waals surface area contributed by atoms with Crippen molar-refractivity contribution in [2.75, 3.05) is 13.2 Å². The Bertz CT molecular complexity index is 2040. The number of carboxylic acid groups (broad SMARTS) is 4. The number of allylic oxidation sites excluding steroid dienone is 4. The third-order valence-corrected chi connectivity index (χ3v) is 5.97. The Kier molecular flexibility index (Phi) is 21.1. The van der Waals surface area contributed by atoms with E-state index in [1.165, 1.54) is 48.5 Å².